The summed E-state index contributed by atoms with van der Waals surface area (Å²) < 4.78 is 37.3. The number of halogens is 3. The lowest BCUT2D eigenvalue weighted by atomic mass is 9.98. The van der Waals surface area contributed by atoms with Crippen LogP contribution in [0, 0.1) is 0 Å². The number of hydrogen-bond acceptors (Lipinski definition) is 3. The summed E-state index contributed by atoms with van der Waals surface area (Å²) in [4.78, 5) is 15.7. The molecule has 7 heteroatoms. The van der Waals surface area contributed by atoms with Gasteiger partial charge in [0.25, 0.3) is 0 Å². The molecule has 26 heavy (non-hydrogen) atoms. The van der Waals surface area contributed by atoms with Gasteiger partial charge in [0, 0.05) is 25.7 Å². The Bertz CT molecular complexity index is 687. The minimum atomic E-state index is -4.38. The largest absolute Gasteiger partial charge is 0.417 e. The first-order chi connectivity index (χ1) is 12.4. The second-order valence-electron chi connectivity index (χ2n) is 6.08. The molecule has 4 nitrogen and oxygen atoms in total. The smallest absolute Gasteiger partial charge is 0.370 e. The number of hydrogen-bond donors (Lipinski definition) is 2. The van der Waals surface area contributed by atoms with E-state index >= 15 is 0 Å². The number of alkyl halides is 3. The number of aromatic nitrogens is 1. The van der Waals surface area contributed by atoms with E-state index in [0.717, 1.165) is 17.8 Å². The molecule has 2 aromatic rings. The first-order valence-electron chi connectivity index (χ1n) is 8.45. The number of benzene rings is 1. The summed E-state index contributed by atoms with van der Waals surface area (Å²) in [6, 6.07) is 12.1. The third kappa shape index (κ3) is 6.38. The Morgan fingerprint density at radius 1 is 1.12 bits per heavy atom. The fourth-order valence-electron chi connectivity index (χ4n) is 2.45. The Morgan fingerprint density at radius 3 is 2.46 bits per heavy atom. The Labute approximate surface area is 150 Å². The van der Waals surface area contributed by atoms with E-state index in [4.69, 9.17) is 0 Å². The van der Waals surface area contributed by atoms with Crippen LogP contribution in [0.2, 0.25) is 0 Å². The van der Waals surface area contributed by atoms with Gasteiger partial charge in [-0.2, -0.15) is 13.2 Å². The molecule has 1 atom stereocenters. The number of carbonyl (C=O) groups excluding carboxylic acids is 1. The van der Waals surface area contributed by atoms with Crippen LogP contribution in [0.4, 0.5) is 19.0 Å². The zero-order valence-electron chi connectivity index (χ0n) is 14.5. The highest BCUT2D eigenvalue weighted by atomic mass is 19.4. The maximum Gasteiger partial charge on any atom is 0.417 e. The van der Waals surface area contributed by atoms with E-state index in [1.54, 1.807) is 0 Å². The highest BCUT2D eigenvalue weighted by Gasteiger charge is 2.30. The molecular formula is C19H22F3N3O. The molecule has 0 aliphatic carbocycles. The number of amides is 1. The maximum atomic E-state index is 12.4. The van der Waals surface area contributed by atoms with Gasteiger partial charge in [-0.05, 0) is 30.0 Å². The molecule has 0 aliphatic heterocycles. The highest BCUT2D eigenvalue weighted by Crippen LogP contribution is 2.28. The molecular weight excluding hydrogens is 343 g/mol. The van der Waals surface area contributed by atoms with Gasteiger partial charge in [0.2, 0.25) is 5.91 Å². The van der Waals surface area contributed by atoms with Crippen molar-refractivity contribution in [1.82, 2.24) is 10.3 Å². The Kier molecular flexibility index (Phi) is 7.00. The fourth-order valence-corrected chi connectivity index (χ4v) is 2.45. The molecule has 0 saturated carbocycles. The zero-order chi connectivity index (χ0) is 19.0. The molecule has 2 rings (SSSR count). The van der Waals surface area contributed by atoms with E-state index in [-0.39, 0.29) is 11.8 Å². The number of nitrogens with zero attached hydrogens (tertiary/aromatic N) is 1. The average molecular weight is 365 g/mol. The summed E-state index contributed by atoms with van der Waals surface area (Å²) in [6.45, 7) is 3.01. The van der Waals surface area contributed by atoms with E-state index in [9.17, 15) is 18.0 Å². The summed E-state index contributed by atoms with van der Waals surface area (Å²) >= 11 is 0. The molecule has 1 aromatic carbocycles. The molecule has 0 fully saturated rings. The molecule has 0 bridgehead atoms. The monoisotopic (exact) mass is 365 g/mol. The van der Waals surface area contributed by atoms with E-state index in [0.29, 0.717) is 31.7 Å². The van der Waals surface area contributed by atoms with Gasteiger partial charge < -0.3 is 10.6 Å². The van der Waals surface area contributed by atoms with Crippen LogP contribution in [0.5, 0.6) is 0 Å². The van der Waals surface area contributed by atoms with Crippen molar-refractivity contribution in [2.45, 2.75) is 31.9 Å². The number of rotatable bonds is 8. The second-order valence-corrected chi connectivity index (χ2v) is 6.08. The molecule has 1 aromatic heterocycles. The van der Waals surface area contributed by atoms with Crippen molar-refractivity contribution in [2.24, 2.45) is 0 Å². The SMILES string of the molecule is C[C@@H](CC(=O)NCCCNc1ccc(C(F)(F)F)cn1)c1ccccc1. The van der Waals surface area contributed by atoms with Gasteiger partial charge in [-0.25, -0.2) is 4.98 Å². The van der Waals surface area contributed by atoms with Crippen molar-refractivity contribution in [3.63, 3.8) is 0 Å². The van der Waals surface area contributed by atoms with Crippen LogP contribution in [0.15, 0.2) is 48.7 Å². The summed E-state index contributed by atoms with van der Waals surface area (Å²) in [6.07, 6.45) is -2.52. The van der Waals surface area contributed by atoms with Gasteiger partial charge in [0.1, 0.15) is 5.82 Å². The van der Waals surface area contributed by atoms with Crippen molar-refractivity contribution in [2.75, 3.05) is 18.4 Å². The third-order valence-electron chi connectivity index (χ3n) is 3.93. The Balaban J connectivity index is 1.63. The standard InChI is InChI=1S/C19H22F3N3O/c1-14(15-6-3-2-4-7-15)12-18(26)24-11-5-10-23-17-9-8-16(13-25-17)19(20,21)22/h2-4,6-9,13-14H,5,10-12H2,1H3,(H,23,25)(H,24,26)/t14-/m0/s1. The minimum absolute atomic E-state index is 0.0194. The Morgan fingerprint density at radius 2 is 1.85 bits per heavy atom. The molecule has 1 amide bonds. The quantitative estimate of drug-likeness (QED) is 0.689. The number of nitrogens with one attached hydrogen (secondary N) is 2. The molecule has 0 saturated heterocycles. The summed E-state index contributed by atoms with van der Waals surface area (Å²) in [5.41, 5.74) is 0.348. The van der Waals surface area contributed by atoms with Crippen molar-refractivity contribution in [1.29, 1.82) is 0 Å². The maximum absolute atomic E-state index is 12.4. The molecule has 1 heterocycles. The van der Waals surface area contributed by atoms with E-state index < -0.39 is 11.7 Å². The predicted molar refractivity (Wildman–Crippen MR) is 94.8 cm³/mol. The van der Waals surface area contributed by atoms with Crippen molar-refractivity contribution < 1.29 is 18.0 Å². The summed E-state index contributed by atoms with van der Waals surface area (Å²) in [5.74, 6) is 0.502. The van der Waals surface area contributed by atoms with E-state index in [2.05, 4.69) is 15.6 Å². The van der Waals surface area contributed by atoms with Gasteiger partial charge in [-0.15, -0.1) is 0 Å². The van der Waals surface area contributed by atoms with Crippen molar-refractivity contribution in [3.8, 4) is 0 Å². The van der Waals surface area contributed by atoms with Gasteiger partial charge in [-0.1, -0.05) is 37.3 Å². The van der Waals surface area contributed by atoms with Gasteiger partial charge in [0.15, 0.2) is 0 Å². The fraction of sp³-hybridized carbons (Fsp3) is 0.368. The van der Waals surface area contributed by atoms with Crippen LogP contribution in [-0.4, -0.2) is 24.0 Å². The van der Waals surface area contributed by atoms with E-state index in [1.165, 1.54) is 6.07 Å². The van der Waals surface area contributed by atoms with Gasteiger partial charge >= 0.3 is 6.18 Å². The minimum Gasteiger partial charge on any atom is -0.370 e. The van der Waals surface area contributed by atoms with Gasteiger partial charge in [0.05, 0.1) is 5.56 Å². The lowest BCUT2D eigenvalue weighted by molar-refractivity contribution is -0.137. The van der Waals surface area contributed by atoms with Crippen LogP contribution in [0.25, 0.3) is 0 Å². The number of pyridine rings is 1. The van der Waals surface area contributed by atoms with Crippen LogP contribution in [0.3, 0.4) is 0 Å². The normalized spacial score (nSPS) is 12.5. The zero-order valence-corrected chi connectivity index (χ0v) is 14.5. The summed E-state index contributed by atoms with van der Waals surface area (Å²) in [5, 5.41) is 5.78. The lowest BCUT2D eigenvalue weighted by Gasteiger charge is -2.12. The third-order valence-corrected chi connectivity index (χ3v) is 3.93. The molecule has 0 aliphatic rings. The van der Waals surface area contributed by atoms with E-state index in [1.807, 2.05) is 37.3 Å². The first-order valence-corrected chi connectivity index (χ1v) is 8.45. The first kappa shape index (κ1) is 19.8. The van der Waals surface area contributed by atoms with Gasteiger partial charge in [-0.3, -0.25) is 4.79 Å². The van der Waals surface area contributed by atoms with Crippen LogP contribution in [-0.2, 0) is 11.0 Å². The number of anilines is 1. The topological polar surface area (TPSA) is 54.0 Å². The van der Waals surface area contributed by atoms with Crippen LogP contribution >= 0.6 is 0 Å². The second kappa shape index (κ2) is 9.22. The number of carbonyl (C=O) groups is 1. The van der Waals surface area contributed by atoms with Crippen molar-refractivity contribution >= 4 is 11.7 Å². The van der Waals surface area contributed by atoms with Crippen LogP contribution < -0.4 is 10.6 Å². The molecule has 140 valence electrons. The predicted octanol–water partition coefficient (Wildman–Crippen LogP) is 4.21. The lowest BCUT2D eigenvalue weighted by Crippen LogP contribution is -2.26. The van der Waals surface area contributed by atoms with Crippen LogP contribution in [0.1, 0.15) is 36.8 Å². The molecule has 0 spiro atoms. The molecule has 0 unspecified atom stereocenters. The Hall–Kier alpha value is -2.57. The molecule has 0 radical (unpaired) electrons. The highest BCUT2D eigenvalue weighted by molar-refractivity contribution is 5.76. The average Bonchev–Trinajstić information content (AvgIpc) is 2.62. The summed E-state index contributed by atoms with van der Waals surface area (Å²) in [7, 11) is 0. The van der Waals surface area contributed by atoms with Crippen molar-refractivity contribution in [3.05, 3.63) is 59.8 Å². The molecule has 2 N–H and O–H groups in total.